The Bertz CT molecular complexity index is 448. The van der Waals surface area contributed by atoms with Crippen molar-refractivity contribution >= 4 is 23.4 Å². The topological polar surface area (TPSA) is 58.6 Å². The predicted octanol–water partition coefficient (Wildman–Crippen LogP) is 2.36. The zero-order chi connectivity index (χ0) is 12.4. The molecule has 92 valence electrons. The molecule has 0 aromatic heterocycles. The lowest BCUT2D eigenvalue weighted by Gasteiger charge is -2.28. The first kappa shape index (κ1) is 12.1. The lowest BCUT2D eigenvalue weighted by atomic mass is 10.1. The molecule has 1 aromatic carbocycles. The highest BCUT2D eigenvalue weighted by Gasteiger charge is 2.24. The molecule has 0 bridgehead atoms. The molecule has 2 N–H and O–H groups in total. The largest absolute Gasteiger partial charge is 0.495 e. The second kappa shape index (κ2) is 4.87. The van der Waals surface area contributed by atoms with E-state index in [0.717, 1.165) is 22.1 Å². The lowest BCUT2D eigenvalue weighted by molar-refractivity contribution is -0.137. The molecule has 0 saturated carbocycles. The summed E-state index contributed by atoms with van der Waals surface area (Å²) in [6.45, 7) is 2.05. The van der Waals surface area contributed by atoms with Crippen LogP contribution in [0, 0.1) is 6.92 Å². The molecule has 1 heterocycles. The lowest BCUT2D eigenvalue weighted by Crippen LogP contribution is -2.29. The maximum absolute atomic E-state index is 10.7. The molecule has 0 fully saturated rings. The van der Waals surface area contributed by atoms with Gasteiger partial charge in [-0.05, 0) is 18.6 Å². The van der Waals surface area contributed by atoms with Crippen LogP contribution in [0.15, 0.2) is 17.0 Å². The van der Waals surface area contributed by atoms with Crippen molar-refractivity contribution in [3.8, 4) is 5.75 Å². The second-order valence-electron chi connectivity index (χ2n) is 4.04. The van der Waals surface area contributed by atoms with E-state index in [9.17, 15) is 4.79 Å². The number of methoxy groups -OCH3 is 1. The van der Waals surface area contributed by atoms with Crippen molar-refractivity contribution in [3.05, 3.63) is 17.7 Å². The van der Waals surface area contributed by atoms with Gasteiger partial charge >= 0.3 is 5.97 Å². The van der Waals surface area contributed by atoms with E-state index in [1.54, 1.807) is 18.9 Å². The number of nitrogens with one attached hydrogen (secondary N) is 1. The minimum atomic E-state index is -0.779. The summed E-state index contributed by atoms with van der Waals surface area (Å²) in [7, 11) is 1.62. The molecule has 5 heteroatoms. The number of carbonyl (C=O) groups is 1. The summed E-state index contributed by atoms with van der Waals surface area (Å²) in [5, 5.41) is 12.1. The van der Waals surface area contributed by atoms with Crippen molar-refractivity contribution in [2.45, 2.75) is 24.3 Å². The van der Waals surface area contributed by atoms with Gasteiger partial charge in [-0.15, -0.1) is 11.8 Å². The Morgan fingerprint density at radius 2 is 2.41 bits per heavy atom. The van der Waals surface area contributed by atoms with E-state index in [-0.39, 0.29) is 12.5 Å². The van der Waals surface area contributed by atoms with Crippen LogP contribution in [-0.4, -0.2) is 30.0 Å². The minimum absolute atomic E-state index is 0.0410. The Morgan fingerprint density at radius 3 is 3.06 bits per heavy atom. The zero-order valence-corrected chi connectivity index (χ0v) is 10.6. The van der Waals surface area contributed by atoms with E-state index in [4.69, 9.17) is 9.84 Å². The summed E-state index contributed by atoms with van der Waals surface area (Å²) >= 11 is 1.69. The normalized spacial score (nSPS) is 18.1. The number of ether oxygens (including phenoxy) is 1. The van der Waals surface area contributed by atoms with Crippen LogP contribution in [0.4, 0.5) is 5.69 Å². The molecule has 1 aromatic rings. The van der Waals surface area contributed by atoms with Gasteiger partial charge in [0.2, 0.25) is 0 Å². The third-order valence-electron chi connectivity index (χ3n) is 2.73. The van der Waals surface area contributed by atoms with Crippen LogP contribution in [0.25, 0.3) is 0 Å². The average molecular weight is 253 g/mol. The van der Waals surface area contributed by atoms with Gasteiger partial charge in [0.1, 0.15) is 5.75 Å². The fraction of sp³-hybridized carbons (Fsp3) is 0.417. The number of rotatable bonds is 3. The fourth-order valence-electron chi connectivity index (χ4n) is 1.91. The number of aryl methyl sites for hydroxylation is 1. The van der Waals surface area contributed by atoms with Crippen LogP contribution in [0.1, 0.15) is 12.0 Å². The molecule has 0 radical (unpaired) electrons. The predicted molar refractivity (Wildman–Crippen MR) is 68.1 cm³/mol. The standard InChI is InChI=1S/C12H15NO3S/c1-7-3-4-9(16-2)11-12(7)17-6-8(13-11)5-10(14)15/h3-4,8,13H,5-6H2,1-2H3,(H,14,15). The Morgan fingerprint density at radius 1 is 1.65 bits per heavy atom. The first-order valence-electron chi connectivity index (χ1n) is 5.40. The molecule has 1 unspecified atom stereocenters. The third-order valence-corrected chi connectivity index (χ3v) is 4.12. The molecule has 0 saturated heterocycles. The van der Waals surface area contributed by atoms with E-state index in [1.165, 1.54) is 5.56 Å². The highest BCUT2D eigenvalue weighted by atomic mass is 32.2. The third kappa shape index (κ3) is 2.49. The van der Waals surface area contributed by atoms with Crippen LogP contribution in [0.5, 0.6) is 5.75 Å². The van der Waals surface area contributed by atoms with Crippen molar-refractivity contribution in [1.29, 1.82) is 0 Å². The maximum atomic E-state index is 10.7. The first-order valence-corrected chi connectivity index (χ1v) is 6.39. The Balaban J connectivity index is 2.29. The van der Waals surface area contributed by atoms with Crippen molar-refractivity contribution in [2.75, 3.05) is 18.2 Å². The van der Waals surface area contributed by atoms with Gasteiger partial charge in [-0.3, -0.25) is 4.79 Å². The van der Waals surface area contributed by atoms with Crippen LogP contribution < -0.4 is 10.1 Å². The summed E-state index contributed by atoms with van der Waals surface area (Å²) in [4.78, 5) is 11.9. The number of anilines is 1. The van der Waals surface area contributed by atoms with Crippen molar-refractivity contribution < 1.29 is 14.6 Å². The van der Waals surface area contributed by atoms with E-state index >= 15 is 0 Å². The molecule has 0 spiro atoms. The minimum Gasteiger partial charge on any atom is -0.495 e. The van der Waals surface area contributed by atoms with E-state index in [0.29, 0.717) is 0 Å². The molecule has 0 aliphatic carbocycles. The van der Waals surface area contributed by atoms with Crippen molar-refractivity contribution in [1.82, 2.24) is 0 Å². The highest BCUT2D eigenvalue weighted by Crippen LogP contribution is 2.42. The second-order valence-corrected chi connectivity index (χ2v) is 5.07. The maximum Gasteiger partial charge on any atom is 0.305 e. The van der Waals surface area contributed by atoms with Crippen molar-refractivity contribution in [2.24, 2.45) is 0 Å². The monoisotopic (exact) mass is 253 g/mol. The highest BCUT2D eigenvalue weighted by molar-refractivity contribution is 7.99. The van der Waals surface area contributed by atoms with Crippen LogP contribution in [-0.2, 0) is 4.79 Å². The van der Waals surface area contributed by atoms with Crippen molar-refractivity contribution in [3.63, 3.8) is 0 Å². The number of benzene rings is 1. The van der Waals surface area contributed by atoms with Gasteiger partial charge in [0.15, 0.2) is 0 Å². The molecular weight excluding hydrogens is 238 g/mol. The quantitative estimate of drug-likeness (QED) is 0.866. The molecule has 1 aliphatic heterocycles. The van der Waals surface area contributed by atoms with Gasteiger partial charge in [0.25, 0.3) is 0 Å². The summed E-state index contributed by atoms with van der Waals surface area (Å²) in [6, 6.07) is 3.88. The van der Waals surface area contributed by atoms with Crippen LogP contribution >= 0.6 is 11.8 Å². The number of thioether (sulfide) groups is 1. The number of aliphatic carboxylic acids is 1. The number of carboxylic acid groups (broad SMARTS) is 1. The number of fused-ring (bicyclic) bond motifs is 1. The van der Waals surface area contributed by atoms with E-state index in [1.807, 2.05) is 19.1 Å². The van der Waals surface area contributed by atoms with Gasteiger partial charge in [-0.1, -0.05) is 6.07 Å². The van der Waals surface area contributed by atoms with Gasteiger partial charge in [0.05, 0.1) is 19.2 Å². The molecule has 1 atom stereocenters. The van der Waals surface area contributed by atoms with Crippen LogP contribution in [0.3, 0.4) is 0 Å². The Kier molecular flexibility index (Phi) is 3.47. The molecule has 1 aliphatic rings. The van der Waals surface area contributed by atoms with Gasteiger partial charge in [-0.25, -0.2) is 0 Å². The van der Waals surface area contributed by atoms with Crippen LogP contribution in [0.2, 0.25) is 0 Å². The number of hydrogen-bond donors (Lipinski definition) is 2. The molecule has 2 rings (SSSR count). The fourth-order valence-corrected chi connectivity index (χ4v) is 3.08. The molecule has 17 heavy (non-hydrogen) atoms. The van der Waals surface area contributed by atoms with Gasteiger partial charge < -0.3 is 15.2 Å². The summed E-state index contributed by atoms with van der Waals surface area (Å²) in [5.41, 5.74) is 2.11. The number of hydrogen-bond acceptors (Lipinski definition) is 4. The van der Waals surface area contributed by atoms with Gasteiger partial charge in [0, 0.05) is 16.7 Å². The SMILES string of the molecule is COc1ccc(C)c2c1NC(CC(=O)O)CS2. The smallest absolute Gasteiger partial charge is 0.305 e. The summed E-state index contributed by atoms with van der Waals surface area (Å²) < 4.78 is 5.30. The van der Waals surface area contributed by atoms with E-state index < -0.39 is 5.97 Å². The zero-order valence-electron chi connectivity index (χ0n) is 9.82. The Labute approximate surface area is 104 Å². The summed E-state index contributed by atoms with van der Waals surface area (Å²) in [5.74, 6) is 0.763. The average Bonchev–Trinajstić information content (AvgIpc) is 2.29. The molecule has 4 nitrogen and oxygen atoms in total. The first-order chi connectivity index (χ1) is 8.11. The molecule has 0 amide bonds. The summed E-state index contributed by atoms with van der Waals surface area (Å²) in [6.07, 6.45) is 0.129. The Hall–Kier alpha value is -1.36. The molecular formula is C12H15NO3S. The number of carboxylic acids is 1. The van der Waals surface area contributed by atoms with E-state index in [2.05, 4.69) is 5.32 Å². The van der Waals surface area contributed by atoms with Gasteiger partial charge in [-0.2, -0.15) is 0 Å².